The largest absolute Gasteiger partial charge is 0.469 e. The van der Waals surface area contributed by atoms with Gasteiger partial charge in [0.1, 0.15) is 0 Å². The molecule has 0 saturated heterocycles. The van der Waals surface area contributed by atoms with E-state index in [9.17, 15) is 9.59 Å². The van der Waals surface area contributed by atoms with Crippen LogP contribution in [0.15, 0.2) is 48.5 Å². The van der Waals surface area contributed by atoms with Crippen LogP contribution in [0.5, 0.6) is 0 Å². The van der Waals surface area contributed by atoms with Crippen LogP contribution in [0.25, 0.3) is 0 Å². The number of benzene rings is 2. The van der Waals surface area contributed by atoms with Crippen LogP contribution in [0.4, 0.5) is 5.69 Å². The molecule has 0 unspecified atom stereocenters. The fourth-order valence-electron chi connectivity index (χ4n) is 2.18. The average Bonchev–Trinajstić information content (AvgIpc) is 2.65. The molecule has 1 amide bonds. The molecule has 2 aromatic carbocycles. The Morgan fingerprint density at radius 3 is 2.50 bits per heavy atom. The van der Waals surface area contributed by atoms with Crippen LogP contribution in [0.3, 0.4) is 0 Å². The maximum atomic E-state index is 12.3. The van der Waals surface area contributed by atoms with Gasteiger partial charge in [0.05, 0.1) is 13.5 Å². The molecule has 0 atom stereocenters. The Hall–Kier alpha value is -2.02. The molecule has 0 fully saturated rings. The average molecular weight is 395 g/mol. The molecule has 0 saturated carbocycles. The van der Waals surface area contributed by atoms with Crippen molar-refractivity contribution < 1.29 is 14.3 Å². The second-order valence-corrected chi connectivity index (χ2v) is 6.54. The SMILES string of the molecule is COC(=O)CCSCc1cccc(NC(=O)c2ccc(CN)cc2)c1.Cl. The van der Waals surface area contributed by atoms with Crippen LogP contribution < -0.4 is 11.1 Å². The van der Waals surface area contributed by atoms with Gasteiger partial charge in [-0.15, -0.1) is 12.4 Å². The van der Waals surface area contributed by atoms with Crippen molar-refractivity contribution in [2.75, 3.05) is 18.2 Å². The Morgan fingerprint density at radius 2 is 1.85 bits per heavy atom. The van der Waals surface area contributed by atoms with Crippen molar-refractivity contribution in [1.29, 1.82) is 0 Å². The zero-order valence-corrected chi connectivity index (χ0v) is 16.2. The summed E-state index contributed by atoms with van der Waals surface area (Å²) >= 11 is 1.65. The van der Waals surface area contributed by atoms with Crippen LogP contribution in [0, 0.1) is 0 Å². The number of rotatable bonds is 8. The van der Waals surface area contributed by atoms with E-state index in [-0.39, 0.29) is 24.3 Å². The minimum Gasteiger partial charge on any atom is -0.469 e. The lowest BCUT2D eigenvalue weighted by Crippen LogP contribution is -2.12. The van der Waals surface area contributed by atoms with Gasteiger partial charge < -0.3 is 15.8 Å². The quantitative estimate of drug-likeness (QED) is 0.528. The molecule has 0 heterocycles. The van der Waals surface area contributed by atoms with E-state index in [1.54, 1.807) is 23.9 Å². The van der Waals surface area contributed by atoms with Gasteiger partial charge in [-0.2, -0.15) is 11.8 Å². The zero-order chi connectivity index (χ0) is 18.1. The summed E-state index contributed by atoms with van der Waals surface area (Å²) in [4.78, 5) is 23.4. The summed E-state index contributed by atoms with van der Waals surface area (Å²) in [6.07, 6.45) is 0.399. The summed E-state index contributed by atoms with van der Waals surface area (Å²) in [7, 11) is 1.39. The number of thioether (sulfide) groups is 1. The second-order valence-electron chi connectivity index (χ2n) is 5.43. The van der Waals surface area contributed by atoms with Gasteiger partial charge in [-0.3, -0.25) is 9.59 Å². The predicted octanol–water partition coefficient (Wildman–Crippen LogP) is 3.62. The van der Waals surface area contributed by atoms with Crippen LogP contribution in [-0.4, -0.2) is 24.7 Å². The lowest BCUT2D eigenvalue weighted by Gasteiger charge is -2.08. The fourth-order valence-corrected chi connectivity index (χ4v) is 3.05. The molecule has 2 rings (SSSR count). The monoisotopic (exact) mass is 394 g/mol. The number of nitrogens with two attached hydrogens (primary N) is 1. The van der Waals surface area contributed by atoms with Crippen molar-refractivity contribution in [3.05, 3.63) is 65.2 Å². The molecule has 3 N–H and O–H groups in total. The summed E-state index contributed by atoms with van der Waals surface area (Å²) in [6.45, 7) is 0.456. The van der Waals surface area contributed by atoms with Gasteiger partial charge in [-0.25, -0.2) is 0 Å². The number of anilines is 1. The first-order chi connectivity index (χ1) is 12.1. The van der Waals surface area contributed by atoms with E-state index < -0.39 is 0 Å². The Bertz CT molecular complexity index is 723. The molecule has 5 nitrogen and oxygen atoms in total. The van der Waals surface area contributed by atoms with Crippen LogP contribution >= 0.6 is 24.2 Å². The van der Waals surface area contributed by atoms with Crippen LogP contribution in [0.1, 0.15) is 27.9 Å². The zero-order valence-electron chi connectivity index (χ0n) is 14.6. The minimum absolute atomic E-state index is 0. The van der Waals surface area contributed by atoms with E-state index in [1.807, 2.05) is 36.4 Å². The highest BCUT2D eigenvalue weighted by molar-refractivity contribution is 7.98. The molecule has 0 radical (unpaired) electrons. The van der Waals surface area contributed by atoms with E-state index in [0.717, 1.165) is 22.6 Å². The molecule has 0 spiro atoms. The van der Waals surface area contributed by atoms with Gasteiger partial charge in [0.15, 0.2) is 0 Å². The summed E-state index contributed by atoms with van der Waals surface area (Å²) in [5, 5.41) is 2.90. The summed E-state index contributed by atoms with van der Waals surface area (Å²) < 4.78 is 4.62. The third-order valence-corrected chi connectivity index (χ3v) is 4.61. The highest BCUT2D eigenvalue weighted by Gasteiger charge is 2.07. The van der Waals surface area contributed by atoms with Crippen molar-refractivity contribution in [1.82, 2.24) is 0 Å². The highest BCUT2D eigenvalue weighted by Crippen LogP contribution is 2.18. The Balaban J connectivity index is 0.00000338. The first-order valence-corrected chi connectivity index (χ1v) is 9.11. The number of carbonyl (C=O) groups is 2. The first-order valence-electron chi connectivity index (χ1n) is 7.96. The van der Waals surface area contributed by atoms with Crippen LogP contribution in [0.2, 0.25) is 0 Å². The van der Waals surface area contributed by atoms with Crippen molar-refractivity contribution in [3.8, 4) is 0 Å². The number of hydrogen-bond donors (Lipinski definition) is 2. The number of esters is 1. The Labute approximate surface area is 164 Å². The number of carbonyl (C=O) groups excluding carboxylic acids is 2. The number of methoxy groups -OCH3 is 1. The summed E-state index contributed by atoms with van der Waals surface area (Å²) in [5.41, 5.74) is 8.98. The maximum absolute atomic E-state index is 12.3. The molecule has 0 bridgehead atoms. The molecule has 7 heteroatoms. The minimum atomic E-state index is -0.200. The van der Waals surface area contributed by atoms with Crippen LogP contribution in [-0.2, 0) is 21.8 Å². The molecule has 26 heavy (non-hydrogen) atoms. The van der Waals surface area contributed by atoms with Gasteiger partial charge in [-0.05, 0) is 35.4 Å². The molecule has 140 valence electrons. The van der Waals surface area contributed by atoms with E-state index in [4.69, 9.17) is 5.73 Å². The van der Waals surface area contributed by atoms with E-state index in [0.29, 0.717) is 24.3 Å². The van der Waals surface area contributed by atoms with Gasteiger partial charge in [0, 0.05) is 29.3 Å². The predicted molar refractivity (Wildman–Crippen MR) is 109 cm³/mol. The normalized spacial score (nSPS) is 9.92. The number of nitrogens with one attached hydrogen (secondary N) is 1. The number of ether oxygens (including phenoxy) is 1. The molecular formula is C19H23ClN2O3S. The lowest BCUT2D eigenvalue weighted by molar-refractivity contribution is -0.140. The number of halogens is 1. The lowest BCUT2D eigenvalue weighted by atomic mass is 10.1. The molecule has 0 aliphatic rings. The molecule has 0 aliphatic carbocycles. The van der Waals surface area contributed by atoms with E-state index in [2.05, 4.69) is 10.1 Å². The highest BCUT2D eigenvalue weighted by atomic mass is 35.5. The van der Waals surface area contributed by atoms with Crippen molar-refractivity contribution in [2.24, 2.45) is 5.73 Å². The first kappa shape index (κ1) is 22.0. The maximum Gasteiger partial charge on any atom is 0.306 e. The van der Waals surface area contributed by atoms with Crippen molar-refractivity contribution in [3.63, 3.8) is 0 Å². The smallest absolute Gasteiger partial charge is 0.306 e. The van der Waals surface area contributed by atoms with Crippen molar-refractivity contribution in [2.45, 2.75) is 18.7 Å². The summed E-state index contributed by atoms with van der Waals surface area (Å²) in [5.74, 6) is 1.12. The molecular weight excluding hydrogens is 372 g/mol. The third-order valence-electron chi connectivity index (χ3n) is 3.58. The topological polar surface area (TPSA) is 81.4 Å². The molecule has 0 aromatic heterocycles. The van der Waals surface area contributed by atoms with E-state index >= 15 is 0 Å². The number of hydrogen-bond acceptors (Lipinski definition) is 5. The standard InChI is InChI=1S/C19H22N2O3S.ClH/c1-24-18(22)9-10-25-13-15-3-2-4-17(11-15)21-19(23)16-7-5-14(12-20)6-8-16;/h2-8,11H,9-10,12-13,20H2,1H3,(H,21,23);1H. The van der Waals surface area contributed by atoms with Gasteiger partial charge in [0.2, 0.25) is 0 Å². The van der Waals surface area contributed by atoms with Gasteiger partial charge in [-0.1, -0.05) is 24.3 Å². The Morgan fingerprint density at radius 1 is 1.12 bits per heavy atom. The Kier molecular flexibility index (Phi) is 9.80. The van der Waals surface area contributed by atoms with Gasteiger partial charge >= 0.3 is 5.97 Å². The number of amides is 1. The third kappa shape index (κ3) is 7.07. The second kappa shape index (κ2) is 11.6. The van der Waals surface area contributed by atoms with E-state index in [1.165, 1.54) is 7.11 Å². The fraction of sp³-hybridized carbons (Fsp3) is 0.263. The molecule has 2 aromatic rings. The van der Waals surface area contributed by atoms with Gasteiger partial charge in [0.25, 0.3) is 5.91 Å². The van der Waals surface area contributed by atoms with Crippen molar-refractivity contribution >= 4 is 41.7 Å². The summed E-state index contributed by atoms with van der Waals surface area (Å²) in [6, 6.07) is 14.9. The molecule has 0 aliphatic heterocycles.